The summed E-state index contributed by atoms with van der Waals surface area (Å²) in [7, 11) is -3.95. The van der Waals surface area contributed by atoms with Crippen LogP contribution in [-0.2, 0) is 19.6 Å². The van der Waals surface area contributed by atoms with E-state index in [0.29, 0.717) is 10.6 Å². The van der Waals surface area contributed by atoms with E-state index in [2.05, 4.69) is 5.32 Å². The molecule has 0 aliphatic heterocycles. The Morgan fingerprint density at radius 1 is 1.36 bits per heavy atom. The summed E-state index contributed by atoms with van der Waals surface area (Å²) in [5, 5.41) is 16.8. The molecule has 8 nitrogen and oxygen atoms in total. The summed E-state index contributed by atoms with van der Waals surface area (Å²) >= 11 is 1.23. The molecule has 0 radical (unpaired) electrons. The molecule has 0 saturated heterocycles. The first-order valence-electron chi connectivity index (χ1n) is 6.81. The van der Waals surface area contributed by atoms with Crippen LogP contribution in [0.15, 0.2) is 35.2 Å². The highest BCUT2D eigenvalue weighted by molar-refractivity contribution is 7.89. The van der Waals surface area contributed by atoms with Crippen LogP contribution in [0.1, 0.15) is 20.8 Å². The van der Waals surface area contributed by atoms with Crippen molar-refractivity contribution in [2.45, 2.75) is 11.8 Å². The number of ether oxygens (including phenoxy) is 1. The standard InChI is InChI=1S/C15H13N3O5S2/c1-9-5-11(7-16)14(24-9)18-13(19)8-23-15(20)10-3-2-4-12(6-10)25(17,21)22/h2-6H,8H2,1H3,(H,18,19)(H2,17,21,22). The van der Waals surface area contributed by atoms with E-state index in [1.807, 2.05) is 6.07 Å². The Kier molecular flexibility index (Phi) is 5.53. The van der Waals surface area contributed by atoms with Gasteiger partial charge < -0.3 is 10.1 Å². The summed E-state index contributed by atoms with van der Waals surface area (Å²) in [6.45, 7) is 1.21. The van der Waals surface area contributed by atoms with E-state index in [1.165, 1.54) is 29.5 Å². The van der Waals surface area contributed by atoms with Crippen LogP contribution in [0.2, 0.25) is 0 Å². The first-order valence-corrected chi connectivity index (χ1v) is 9.17. The molecule has 10 heteroatoms. The molecule has 0 atom stereocenters. The third kappa shape index (κ3) is 4.87. The van der Waals surface area contributed by atoms with Gasteiger partial charge in [-0.05, 0) is 31.2 Å². The molecule has 0 saturated carbocycles. The summed E-state index contributed by atoms with van der Waals surface area (Å²) in [6.07, 6.45) is 0. The minimum absolute atomic E-state index is 0.0518. The number of benzene rings is 1. The number of nitrogens with one attached hydrogen (secondary N) is 1. The zero-order chi connectivity index (χ0) is 18.6. The number of amides is 1. The van der Waals surface area contributed by atoms with E-state index in [1.54, 1.807) is 13.0 Å². The van der Waals surface area contributed by atoms with Crippen molar-refractivity contribution in [3.05, 3.63) is 46.3 Å². The van der Waals surface area contributed by atoms with Crippen molar-refractivity contribution in [1.29, 1.82) is 5.26 Å². The number of esters is 1. The second-order valence-corrected chi connectivity index (χ2v) is 7.73. The number of nitrogens with zero attached hydrogens (tertiary/aromatic N) is 1. The van der Waals surface area contributed by atoms with Crippen molar-refractivity contribution in [3.8, 4) is 6.07 Å². The summed E-state index contributed by atoms with van der Waals surface area (Å²) < 4.78 is 27.4. The number of carbonyl (C=O) groups excluding carboxylic acids is 2. The molecule has 25 heavy (non-hydrogen) atoms. The predicted molar refractivity (Wildman–Crippen MR) is 90.5 cm³/mol. The Balaban J connectivity index is 2.00. The van der Waals surface area contributed by atoms with Gasteiger partial charge in [0, 0.05) is 4.88 Å². The molecule has 1 heterocycles. The van der Waals surface area contributed by atoms with Gasteiger partial charge in [-0.1, -0.05) is 6.07 Å². The van der Waals surface area contributed by atoms with E-state index >= 15 is 0 Å². The summed E-state index contributed by atoms with van der Waals surface area (Å²) in [6, 6.07) is 8.56. The van der Waals surface area contributed by atoms with Crippen molar-refractivity contribution in [2.75, 3.05) is 11.9 Å². The minimum atomic E-state index is -3.95. The maximum atomic E-state index is 11.9. The van der Waals surface area contributed by atoms with Crippen LogP contribution in [0.3, 0.4) is 0 Å². The topological polar surface area (TPSA) is 139 Å². The Bertz CT molecular complexity index is 973. The van der Waals surface area contributed by atoms with Gasteiger partial charge in [0.15, 0.2) is 6.61 Å². The molecule has 1 amide bonds. The fraction of sp³-hybridized carbons (Fsp3) is 0.133. The van der Waals surface area contributed by atoms with Gasteiger partial charge in [0.05, 0.1) is 16.0 Å². The van der Waals surface area contributed by atoms with Gasteiger partial charge in [-0.25, -0.2) is 18.4 Å². The molecule has 3 N–H and O–H groups in total. The maximum Gasteiger partial charge on any atom is 0.338 e. The fourth-order valence-electron chi connectivity index (χ4n) is 1.87. The lowest BCUT2D eigenvalue weighted by atomic mass is 10.2. The lowest BCUT2D eigenvalue weighted by molar-refractivity contribution is -0.119. The van der Waals surface area contributed by atoms with E-state index in [-0.39, 0.29) is 10.5 Å². The second kappa shape index (κ2) is 7.43. The lowest BCUT2D eigenvalue weighted by Crippen LogP contribution is -2.21. The van der Waals surface area contributed by atoms with E-state index in [0.717, 1.165) is 10.9 Å². The third-order valence-corrected chi connectivity index (χ3v) is 4.84. The van der Waals surface area contributed by atoms with E-state index < -0.39 is 28.5 Å². The summed E-state index contributed by atoms with van der Waals surface area (Å²) in [5.74, 6) is -1.49. The van der Waals surface area contributed by atoms with Crippen LogP contribution < -0.4 is 10.5 Å². The molecule has 130 valence electrons. The number of hydrogen-bond acceptors (Lipinski definition) is 7. The van der Waals surface area contributed by atoms with E-state index in [4.69, 9.17) is 15.1 Å². The van der Waals surface area contributed by atoms with Crippen molar-refractivity contribution < 1.29 is 22.7 Å². The van der Waals surface area contributed by atoms with Gasteiger partial charge >= 0.3 is 5.97 Å². The number of hydrogen-bond donors (Lipinski definition) is 2. The molecule has 0 aliphatic rings. The highest BCUT2D eigenvalue weighted by Crippen LogP contribution is 2.26. The van der Waals surface area contributed by atoms with Crippen LogP contribution in [0.5, 0.6) is 0 Å². The molecule has 0 bridgehead atoms. The fourth-order valence-corrected chi connectivity index (χ4v) is 3.30. The van der Waals surface area contributed by atoms with Gasteiger partial charge in [0.1, 0.15) is 11.1 Å². The van der Waals surface area contributed by atoms with Crippen LogP contribution >= 0.6 is 11.3 Å². The maximum absolute atomic E-state index is 11.9. The normalized spacial score (nSPS) is 10.8. The van der Waals surface area contributed by atoms with Gasteiger partial charge in [-0.2, -0.15) is 5.26 Å². The molecule has 1 aromatic carbocycles. The largest absolute Gasteiger partial charge is 0.452 e. The molecular weight excluding hydrogens is 366 g/mol. The molecule has 1 aromatic heterocycles. The van der Waals surface area contributed by atoms with Crippen LogP contribution in [0, 0.1) is 18.3 Å². The van der Waals surface area contributed by atoms with Gasteiger partial charge in [0.25, 0.3) is 5.91 Å². The lowest BCUT2D eigenvalue weighted by Gasteiger charge is -2.06. The Morgan fingerprint density at radius 2 is 2.08 bits per heavy atom. The first kappa shape index (κ1) is 18.6. The number of rotatable bonds is 5. The first-order chi connectivity index (χ1) is 11.7. The van der Waals surface area contributed by atoms with Crippen molar-refractivity contribution in [1.82, 2.24) is 0 Å². The van der Waals surface area contributed by atoms with Gasteiger partial charge in [0.2, 0.25) is 10.0 Å². The summed E-state index contributed by atoms with van der Waals surface area (Å²) in [4.78, 5) is 24.4. The molecule has 0 spiro atoms. The monoisotopic (exact) mass is 379 g/mol. The Hall–Kier alpha value is -2.74. The zero-order valence-corrected chi connectivity index (χ0v) is 14.6. The molecular formula is C15H13N3O5S2. The highest BCUT2D eigenvalue weighted by atomic mass is 32.2. The van der Waals surface area contributed by atoms with Crippen LogP contribution in [-0.4, -0.2) is 26.9 Å². The van der Waals surface area contributed by atoms with Crippen LogP contribution in [0.25, 0.3) is 0 Å². The highest BCUT2D eigenvalue weighted by Gasteiger charge is 2.15. The average molecular weight is 379 g/mol. The minimum Gasteiger partial charge on any atom is -0.452 e. The number of primary sulfonamides is 1. The number of carbonyl (C=O) groups is 2. The molecule has 2 aromatic rings. The molecule has 0 fully saturated rings. The Morgan fingerprint density at radius 3 is 2.72 bits per heavy atom. The van der Waals surface area contributed by atoms with Gasteiger partial charge in [-0.15, -0.1) is 11.3 Å². The van der Waals surface area contributed by atoms with E-state index in [9.17, 15) is 18.0 Å². The predicted octanol–water partition coefficient (Wildman–Crippen LogP) is 1.37. The number of sulfonamides is 1. The average Bonchev–Trinajstić information content (AvgIpc) is 2.91. The number of aryl methyl sites for hydroxylation is 1. The van der Waals surface area contributed by atoms with Gasteiger partial charge in [-0.3, -0.25) is 4.79 Å². The third-order valence-electron chi connectivity index (χ3n) is 2.96. The van der Waals surface area contributed by atoms with Crippen LogP contribution in [0.4, 0.5) is 5.00 Å². The SMILES string of the molecule is Cc1cc(C#N)c(NC(=O)COC(=O)c2cccc(S(N)(=O)=O)c2)s1. The quantitative estimate of drug-likeness (QED) is 0.752. The number of thiophene rings is 1. The zero-order valence-electron chi connectivity index (χ0n) is 13.0. The Labute approximate surface area is 147 Å². The molecule has 0 unspecified atom stereocenters. The van der Waals surface area contributed by atoms with Crippen molar-refractivity contribution in [3.63, 3.8) is 0 Å². The molecule has 2 rings (SSSR count). The molecule has 0 aliphatic carbocycles. The summed E-state index contributed by atoms with van der Waals surface area (Å²) in [5.41, 5.74) is 0.270. The number of nitrogens with two attached hydrogens (primary N) is 1. The van der Waals surface area contributed by atoms with Crippen molar-refractivity contribution >= 4 is 38.2 Å². The smallest absolute Gasteiger partial charge is 0.338 e. The second-order valence-electron chi connectivity index (χ2n) is 4.91. The van der Waals surface area contributed by atoms with Crippen molar-refractivity contribution in [2.24, 2.45) is 5.14 Å². The number of nitriles is 1. The number of anilines is 1.